The molecule has 1 saturated heterocycles. The molecule has 1 aliphatic rings. The number of fused-ring (bicyclic) bond motifs is 1. The molecule has 3 heterocycles. The zero-order valence-electron chi connectivity index (χ0n) is 19.2. The molecule has 1 atom stereocenters. The summed E-state index contributed by atoms with van der Waals surface area (Å²) in [5.74, 6) is -0.463. The molecule has 3 aromatic rings. The Morgan fingerprint density at radius 2 is 1.94 bits per heavy atom. The summed E-state index contributed by atoms with van der Waals surface area (Å²) in [4.78, 5) is 49.3. The molecule has 8 nitrogen and oxygen atoms in total. The molecule has 9 heteroatoms. The van der Waals surface area contributed by atoms with Crippen LogP contribution in [0, 0.1) is 5.92 Å². The topological polar surface area (TPSA) is 111 Å². The monoisotopic (exact) mass is 479 g/mol. The molecular formula is C25H29N5O3S. The fourth-order valence-electron chi connectivity index (χ4n) is 4.24. The van der Waals surface area contributed by atoms with Crippen LogP contribution < -0.4 is 11.3 Å². The van der Waals surface area contributed by atoms with Crippen LogP contribution in [0.25, 0.3) is 16.6 Å². The van der Waals surface area contributed by atoms with E-state index in [1.807, 2.05) is 29.2 Å². The Morgan fingerprint density at radius 3 is 2.62 bits per heavy atom. The Balaban J connectivity index is 1.69. The van der Waals surface area contributed by atoms with E-state index in [4.69, 9.17) is 10.7 Å². The van der Waals surface area contributed by atoms with E-state index in [0.29, 0.717) is 54.1 Å². The van der Waals surface area contributed by atoms with E-state index < -0.39 is 0 Å². The van der Waals surface area contributed by atoms with Gasteiger partial charge in [0, 0.05) is 25.2 Å². The van der Waals surface area contributed by atoms with E-state index in [2.05, 4.69) is 11.9 Å². The highest BCUT2D eigenvalue weighted by Gasteiger charge is 2.31. The number of unbranched alkanes of at least 4 members (excludes halogenated alkanes) is 1. The van der Waals surface area contributed by atoms with Gasteiger partial charge in [-0.15, -0.1) is 0 Å². The van der Waals surface area contributed by atoms with Gasteiger partial charge >= 0.3 is 0 Å². The number of hydrogen-bond donors (Lipinski definition) is 1. The number of likely N-dealkylation sites (tertiary alicyclic amines) is 1. The molecule has 2 N–H and O–H groups in total. The standard InChI is InChI=1S/C25H29N5O3S/c1-2-3-10-21(24(33)29-14-11-17(12-15-29)22(26)31)34-25-28-20-9-5-4-8-19(20)23(32)30(25)18-7-6-13-27-16-18/h4-9,13,16-17,21H,2-3,10-12,14-15H2,1H3,(H2,26,31). The van der Waals surface area contributed by atoms with Crippen LogP contribution in [0.1, 0.15) is 39.0 Å². The van der Waals surface area contributed by atoms with Crippen molar-refractivity contribution in [3.63, 3.8) is 0 Å². The Bertz CT molecular complexity index is 1220. The van der Waals surface area contributed by atoms with E-state index in [0.717, 1.165) is 12.8 Å². The summed E-state index contributed by atoms with van der Waals surface area (Å²) >= 11 is 1.33. The predicted molar refractivity (Wildman–Crippen MR) is 133 cm³/mol. The van der Waals surface area contributed by atoms with Crippen molar-refractivity contribution in [3.8, 4) is 5.69 Å². The van der Waals surface area contributed by atoms with E-state index in [1.54, 1.807) is 29.1 Å². The van der Waals surface area contributed by atoms with Crippen LogP contribution in [0.5, 0.6) is 0 Å². The maximum atomic E-state index is 13.5. The van der Waals surface area contributed by atoms with Crippen LogP contribution >= 0.6 is 11.8 Å². The Morgan fingerprint density at radius 1 is 1.18 bits per heavy atom. The normalized spacial score (nSPS) is 15.4. The van der Waals surface area contributed by atoms with E-state index in [-0.39, 0.29) is 28.5 Å². The van der Waals surface area contributed by atoms with Crippen LogP contribution in [-0.4, -0.2) is 49.6 Å². The molecule has 0 saturated carbocycles. The molecule has 1 aliphatic heterocycles. The number of aromatic nitrogens is 3. The number of carbonyl (C=O) groups excluding carboxylic acids is 2. The predicted octanol–water partition coefficient (Wildman–Crippen LogP) is 3.16. The molecule has 4 rings (SSSR count). The lowest BCUT2D eigenvalue weighted by Crippen LogP contribution is -2.45. The molecule has 34 heavy (non-hydrogen) atoms. The number of piperidine rings is 1. The lowest BCUT2D eigenvalue weighted by molar-refractivity contribution is -0.134. The molecule has 0 radical (unpaired) electrons. The minimum absolute atomic E-state index is 0.0153. The summed E-state index contributed by atoms with van der Waals surface area (Å²) in [6.07, 6.45) is 6.95. The second-order valence-electron chi connectivity index (χ2n) is 8.51. The van der Waals surface area contributed by atoms with Crippen LogP contribution in [-0.2, 0) is 9.59 Å². The van der Waals surface area contributed by atoms with Crippen molar-refractivity contribution in [1.82, 2.24) is 19.4 Å². The highest BCUT2D eigenvalue weighted by molar-refractivity contribution is 8.00. The molecule has 178 valence electrons. The average Bonchev–Trinajstić information content (AvgIpc) is 2.87. The maximum Gasteiger partial charge on any atom is 0.266 e. The third-order valence-electron chi connectivity index (χ3n) is 6.20. The molecule has 0 aliphatic carbocycles. The summed E-state index contributed by atoms with van der Waals surface area (Å²) in [5.41, 5.74) is 6.47. The number of amides is 2. The fourth-order valence-corrected chi connectivity index (χ4v) is 5.48. The van der Waals surface area contributed by atoms with Gasteiger partial charge in [-0.2, -0.15) is 0 Å². The molecule has 0 bridgehead atoms. The minimum Gasteiger partial charge on any atom is -0.369 e. The van der Waals surface area contributed by atoms with Crippen molar-refractivity contribution >= 4 is 34.5 Å². The van der Waals surface area contributed by atoms with Gasteiger partial charge in [-0.1, -0.05) is 43.7 Å². The van der Waals surface area contributed by atoms with Crippen molar-refractivity contribution < 1.29 is 9.59 Å². The van der Waals surface area contributed by atoms with Gasteiger partial charge in [0.15, 0.2) is 5.16 Å². The number of pyridine rings is 1. The zero-order chi connectivity index (χ0) is 24.1. The van der Waals surface area contributed by atoms with Gasteiger partial charge in [-0.05, 0) is 43.5 Å². The number of thioether (sulfide) groups is 1. The molecular weight excluding hydrogens is 450 g/mol. The van der Waals surface area contributed by atoms with Crippen molar-refractivity contribution in [2.75, 3.05) is 13.1 Å². The number of rotatable bonds is 8. The SMILES string of the molecule is CCCCC(Sc1nc2ccccc2c(=O)n1-c1cccnc1)C(=O)N1CCC(C(N)=O)CC1. The first kappa shape index (κ1) is 23.9. The third kappa shape index (κ3) is 5.14. The third-order valence-corrected chi connectivity index (χ3v) is 7.41. The fraction of sp³-hybridized carbons (Fsp3) is 0.400. The largest absolute Gasteiger partial charge is 0.369 e. The second-order valence-corrected chi connectivity index (χ2v) is 9.68. The summed E-state index contributed by atoms with van der Waals surface area (Å²) in [5, 5.41) is 0.597. The lowest BCUT2D eigenvalue weighted by Gasteiger charge is -2.33. The average molecular weight is 480 g/mol. The number of nitrogens with two attached hydrogens (primary N) is 1. The van der Waals surface area contributed by atoms with Crippen molar-refractivity contribution in [2.45, 2.75) is 49.4 Å². The van der Waals surface area contributed by atoms with Gasteiger partial charge in [-0.25, -0.2) is 4.98 Å². The van der Waals surface area contributed by atoms with Gasteiger partial charge in [0.2, 0.25) is 11.8 Å². The number of para-hydroxylation sites is 1. The first-order chi connectivity index (χ1) is 16.5. The molecule has 1 unspecified atom stereocenters. The van der Waals surface area contributed by atoms with Gasteiger partial charge in [0.1, 0.15) is 0 Å². The van der Waals surface area contributed by atoms with E-state index in [9.17, 15) is 14.4 Å². The van der Waals surface area contributed by atoms with E-state index in [1.165, 1.54) is 11.8 Å². The first-order valence-electron chi connectivity index (χ1n) is 11.7. The Hall–Kier alpha value is -3.20. The maximum absolute atomic E-state index is 13.5. The number of benzene rings is 1. The smallest absolute Gasteiger partial charge is 0.266 e. The van der Waals surface area contributed by atoms with Crippen LogP contribution in [0.4, 0.5) is 0 Å². The minimum atomic E-state index is -0.388. The molecule has 0 spiro atoms. The van der Waals surface area contributed by atoms with Gasteiger partial charge in [0.05, 0.1) is 28.0 Å². The first-order valence-corrected chi connectivity index (χ1v) is 12.5. The second kappa shape index (κ2) is 10.8. The van der Waals surface area contributed by atoms with Crippen LogP contribution in [0.3, 0.4) is 0 Å². The van der Waals surface area contributed by atoms with Crippen LogP contribution in [0.2, 0.25) is 0 Å². The van der Waals surface area contributed by atoms with Crippen molar-refractivity contribution in [3.05, 3.63) is 59.1 Å². The number of hydrogen-bond acceptors (Lipinski definition) is 6. The molecule has 2 aromatic heterocycles. The highest BCUT2D eigenvalue weighted by atomic mass is 32.2. The molecule has 2 amide bonds. The van der Waals surface area contributed by atoms with Crippen molar-refractivity contribution in [2.24, 2.45) is 11.7 Å². The summed E-state index contributed by atoms with van der Waals surface area (Å²) < 4.78 is 1.55. The number of nitrogens with zero attached hydrogens (tertiary/aromatic N) is 4. The van der Waals surface area contributed by atoms with Gasteiger partial charge in [-0.3, -0.25) is 23.9 Å². The molecule has 1 aromatic carbocycles. The highest BCUT2D eigenvalue weighted by Crippen LogP contribution is 2.30. The number of primary amides is 1. The van der Waals surface area contributed by atoms with Gasteiger partial charge in [0.25, 0.3) is 5.56 Å². The summed E-state index contributed by atoms with van der Waals surface area (Å²) in [6, 6.07) is 10.8. The lowest BCUT2D eigenvalue weighted by atomic mass is 9.96. The zero-order valence-corrected chi connectivity index (χ0v) is 20.0. The summed E-state index contributed by atoms with van der Waals surface area (Å²) in [7, 11) is 0. The van der Waals surface area contributed by atoms with E-state index >= 15 is 0 Å². The Labute approximate surface area is 202 Å². The molecule has 1 fully saturated rings. The van der Waals surface area contributed by atoms with Gasteiger partial charge < -0.3 is 10.6 Å². The summed E-state index contributed by atoms with van der Waals surface area (Å²) in [6.45, 7) is 3.11. The number of carbonyl (C=O) groups is 2. The quantitative estimate of drug-likeness (QED) is 0.392. The van der Waals surface area contributed by atoms with Crippen LogP contribution in [0.15, 0.2) is 58.7 Å². The Kier molecular flexibility index (Phi) is 7.62. The van der Waals surface area contributed by atoms with Crippen molar-refractivity contribution in [1.29, 1.82) is 0 Å².